The van der Waals surface area contributed by atoms with E-state index in [1.165, 1.54) is 41.3 Å². The predicted molar refractivity (Wildman–Crippen MR) is 104 cm³/mol. The highest BCUT2D eigenvalue weighted by atomic mass is 32.2. The number of rotatable bonds is 8. The number of benzene rings is 1. The predicted octanol–water partition coefficient (Wildman–Crippen LogP) is 3.16. The molecule has 1 aliphatic heterocycles. The number of aromatic nitrogens is 2. The van der Waals surface area contributed by atoms with Gasteiger partial charge in [0.05, 0.1) is 16.3 Å². The topological polar surface area (TPSA) is 119 Å². The monoisotopic (exact) mass is 409 g/mol. The lowest BCUT2D eigenvalue weighted by Crippen LogP contribution is -2.22. The number of hydrogen-bond acceptors (Lipinski definition) is 9. The van der Waals surface area contributed by atoms with E-state index in [0.29, 0.717) is 21.7 Å². The third-order valence-electron chi connectivity index (χ3n) is 3.88. The molecule has 0 spiro atoms. The van der Waals surface area contributed by atoms with Crippen molar-refractivity contribution in [3.05, 3.63) is 34.4 Å². The van der Waals surface area contributed by atoms with E-state index in [9.17, 15) is 14.9 Å². The Morgan fingerprint density at radius 1 is 1.52 bits per heavy atom. The molecular weight excluding hydrogens is 390 g/mol. The summed E-state index contributed by atoms with van der Waals surface area (Å²) in [6, 6.07) is 5.84. The van der Waals surface area contributed by atoms with Crippen molar-refractivity contribution in [2.75, 3.05) is 23.8 Å². The van der Waals surface area contributed by atoms with Crippen LogP contribution in [-0.2, 0) is 9.53 Å². The summed E-state index contributed by atoms with van der Waals surface area (Å²) in [5, 5.41) is 25.1. The summed E-state index contributed by atoms with van der Waals surface area (Å²) in [6.45, 7) is 3.25. The molecule has 0 radical (unpaired) electrons. The minimum Gasteiger partial charge on any atom is -0.376 e. The van der Waals surface area contributed by atoms with Crippen LogP contribution in [0.5, 0.6) is 0 Å². The van der Waals surface area contributed by atoms with Crippen LogP contribution in [0.1, 0.15) is 19.8 Å². The number of thioether (sulfide) groups is 1. The number of nitrogens with one attached hydrogen (secondary N) is 2. The maximum Gasteiger partial charge on any atom is 0.271 e. The molecule has 2 heterocycles. The smallest absolute Gasteiger partial charge is 0.271 e. The maximum absolute atomic E-state index is 12.3. The highest BCUT2D eigenvalue weighted by molar-refractivity contribution is 8.02. The molecule has 1 aromatic heterocycles. The molecule has 1 aliphatic rings. The summed E-state index contributed by atoms with van der Waals surface area (Å²) in [6.07, 6.45) is 2.34. The van der Waals surface area contributed by atoms with Crippen LogP contribution in [0.4, 0.5) is 16.5 Å². The van der Waals surface area contributed by atoms with Gasteiger partial charge in [0.2, 0.25) is 11.0 Å². The molecular formula is C16H19N5O4S2. The number of carbonyl (C=O) groups excluding carboxylic acids is 1. The first-order valence-electron chi connectivity index (χ1n) is 8.42. The molecule has 1 saturated heterocycles. The molecule has 27 heavy (non-hydrogen) atoms. The molecule has 1 aromatic carbocycles. The van der Waals surface area contributed by atoms with Gasteiger partial charge in [-0.15, -0.1) is 10.2 Å². The van der Waals surface area contributed by atoms with E-state index in [4.69, 9.17) is 4.74 Å². The molecule has 2 aromatic rings. The molecule has 0 aliphatic carbocycles. The average molecular weight is 409 g/mol. The van der Waals surface area contributed by atoms with Crippen molar-refractivity contribution in [2.24, 2.45) is 0 Å². The zero-order valence-corrected chi connectivity index (χ0v) is 16.2. The molecule has 3 rings (SSSR count). The minimum atomic E-state index is -0.500. The Balaban J connectivity index is 1.50. The van der Waals surface area contributed by atoms with Crippen LogP contribution in [0.2, 0.25) is 0 Å². The van der Waals surface area contributed by atoms with Crippen molar-refractivity contribution in [2.45, 2.75) is 35.5 Å². The summed E-state index contributed by atoms with van der Waals surface area (Å²) in [4.78, 5) is 22.6. The molecule has 0 saturated carbocycles. The van der Waals surface area contributed by atoms with Gasteiger partial charge in [-0.05, 0) is 25.8 Å². The fourth-order valence-electron chi connectivity index (χ4n) is 2.48. The van der Waals surface area contributed by atoms with Gasteiger partial charge in [0, 0.05) is 31.0 Å². The van der Waals surface area contributed by atoms with Crippen LogP contribution in [0.25, 0.3) is 0 Å². The number of hydrogen-bond donors (Lipinski definition) is 2. The standard InChI is InChI=1S/C16H19N5O4S2/c1-10(14(22)18-11-4-2-5-12(8-11)21(23)24)26-16-20-19-15(27-16)17-9-13-6-3-7-25-13/h2,4-5,8,10,13H,3,6-7,9H2,1H3,(H,17,19)(H,18,22)/t10-,13+/m1/s1. The second kappa shape index (κ2) is 9.11. The van der Waals surface area contributed by atoms with Gasteiger partial charge in [0.25, 0.3) is 5.69 Å². The Morgan fingerprint density at radius 3 is 3.11 bits per heavy atom. The molecule has 144 valence electrons. The first-order valence-corrected chi connectivity index (χ1v) is 10.1. The van der Waals surface area contributed by atoms with E-state index < -0.39 is 10.2 Å². The van der Waals surface area contributed by atoms with Crippen molar-refractivity contribution in [1.82, 2.24) is 10.2 Å². The summed E-state index contributed by atoms with van der Waals surface area (Å²) in [5.74, 6) is -0.260. The van der Waals surface area contributed by atoms with Gasteiger partial charge in [-0.2, -0.15) is 0 Å². The second-order valence-corrected chi connectivity index (χ2v) is 8.51. The van der Waals surface area contributed by atoms with Gasteiger partial charge in [-0.25, -0.2) is 0 Å². The van der Waals surface area contributed by atoms with E-state index >= 15 is 0 Å². The van der Waals surface area contributed by atoms with Crippen LogP contribution >= 0.6 is 23.1 Å². The molecule has 11 heteroatoms. The fraction of sp³-hybridized carbons (Fsp3) is 0.438. The number of nitro benzene ring substituents is 1. The van der Waals surface area contributed by atoms with E-state index in [1.54, 1.807) is 13.0 Å². The first-order chi connectivity index (χ1) is 13.0. The van der Waals surface area contributed by atoms with Crippen molar-refractivity contribution < 1.29 is 14.5 Å². The lowest BCUT2D eigenvalue weighted by molar-refractivity contribution is -0.384. The number of nitrogens with zero attached hydrogens (tertiary/aromatic N) is 3. The largest absolute Gasteiger partial charge is 0.376 e. The van der Waals surface area contributed by atoms with Gasteiger partial charge in [-0.1, -0.05) is 29.2 Å². The van der Waals surface area contributed by atoms with E-state index in [2.05, 4.69) is 20.8 Å². The Hall–Kier alpha value is -2.24. The summed E-state index contributed by atoms with van der Waals surface area (Å²) < 4.78 is 6.22. The quantitative estimate of drug-likeness (QED) is 0.388. The normalized spacial score (nSPS) is 17.4. The van der Waals surface area contributed by atoms with Crippen molar-refractivity contribution >= 4 is 45.5 Å². The highest BCUT2D eigenvalue weighted by Gasteiger charge is 2.19. The van der Waals surface area contributed by atoms with Crippen LogP contribution in [0.15, 0.2) is 28.6 Å². The van der Waals surface area contributed by atoms with Gasteiger partial charge in [0.15, 0.2) is 4.34 Å². The van der Waals surface area contributed by atoms with Crippen molar-refractivity contribution in [3.8, 4) is 0 Å². The molecule has 1 amide bonds. The molecule has 0 unspecified atom stereocenters. The molecule has 2 N–H and O–H groups in total. The second-order valence-electron chi connectivity index (χ2n) is 5.95. The summed E-state index contributed by atoms with van der Waals surface area (Å²) in [7, 11) is 0. The Kier molecular flexibility index (Phi) is 6.58. The number of non-ortho nitro benzene ring substituents is 1. The van der Waals surface area contributed by atoms with Crippen molar-refractivity contribution in [1.29, 1.82) is 0 Å². The van der Waals surface area contributed by atoms with E-state index in [0.717, 1.165) is 19.4 Å². The van der Waals surface area contributed by atoms with Crippen LogP contribution in [-0.4, -0.2) is 45.5 Å². The first kappa shape index (κ1) is 19.5. The molecule has 9 nitrogen and oxygen atoms in total. The number of nitro groups is 1. The van der Waals surface area contributed by atoms with Crippen LogP contribution in [0.3, 0.4) is 0 Å². The Morgan fingerprint density at radius 2 is 2.37 bits per heavy atom. The Labute approximate surface area is 164 Å². The van der Waals surface area contributed by atoms with Crippen LogP contribution in [0, 0.1) is 10.1 Å². The number of anilines is 2. The number of carbonyl (C=O) groups is 1. The third-order valence-corrected chi connectivity index (χ3v) is 5.95. The van der Waals surface area contributed by atoms with Gasteiger partial charge in [-0.3, -0.25) is 14.9 Å². The van der Waals surface area contributed by atoms with Gasteiger partial charge in [0.1, 0.15) is 0 Å². The van der Waals surface area contributed by atoms with Gasteiger partial charge < -0.3 is 15.4 Å². The van der Waals surface area contributed by atoms with Crippen molar-refractivity contribution in [3.63, 3.8) is 0 Å². The molecule has 1 fully saturated rings. The number of amides is 1. The lowest BCUT2D eigenvalue weighted by atomic mass is 10.2. The fourth-order valence-corrected chi connectivity index (χ4v) is 4.38. The zero-order valence-electron chi connectivity index (χ0n) is 14.6. The third kappa shape index (κ3) is 5.62. The van der Waals surface area contributed by atoms with E-state index in [1.807, 2.05) is 0 Å². The molecule has 2 atom stereocenters. The van der Waals surface area contributed by atoms with E-state index in [-0.39, 0.29) is 17.7 Å². The van der Waals surface area contributed by atoms with Gasteiger partial charge >= 0.3 is 0 Å². The maximum atomic E-state index is 12.3. The molecule has 0 bridgehead atoms. The minimum absolute atomic E-state index is 0.0702. The summed E-state index contributed by atoms with van der Waals surface area (Å²) in [5.41, 5.74) is 0.317. The lowest BCUT2D eigenvalue weighted by Gasteiger charge is -2.10. The average Bonchev–Trinajstić information content (AvgIpc) is 3.31. The SMILES string of the molecule is C[C@@H](Sc1nnc(NC[C@@H]2CCCO2)s1)C(=O)Nc1cccc([N+](=O)[O-])c1. The zero-order chi connectivity index (χ0) is 19.2. The number of ether oxygens (including phenoxy) is 1. The Bertz CT molecular complexity index is 810. The summed E-state index contributed by atoms with van der Waals surface area (Å²) >= 11 is 2.67. The highest BCUT2D eigenvalue weighted by Crippen LogP contribution is 2.30. The van der Waals surface area contributed by atoms with Crippen LogP contribution < -0.4 is 10.6 Å².